The van der Waals surface area contributed by atoms with Gasteiger partial charge in [0.1, 0.15) is 0 Å². The normalized spacial score (nSPS) is 19.9. The molecule has 2 aromatic rings. The molecule has 6 nitrogen and oxygen atoms in total. The minimum atomic E-state index is -0.720. The van der Waals surface area contributed by atoms with Gasteiger partial charge in [-0.15, -0.1) is 12.4 Å². The van der Waals surface area contributed by atoms with Crippen LogP contribution in [0.4, 0.5) is 16.2 Å². The Morgan fingerprint density at radius 2 is 1.64 bits per heavy atom. The van der Waals surface area contributed by atoms with Gasteiger partial charge in [-0.25, -0.2) is 4.79 Å². The Morgan fingerprint density at radius 1 is 1.11 bits per heavy atom. The third-order valence-electron chi connectivity index (χ3n) is 5.22. The summed E-state index contributed by atoms with van der Waals surface area (Å²) in [6.45, 7) is 2.29. The lowest BCUT2D eigenvalue weighted by Crippen LogP contribution is -2.58. The van der Waals surface area contributed by atoms with Gasteiger partial charge >= 0.3 is 12.0 Å². The zero-order valence-corrected chi connectivity index (χ0v) is 16.9. The van der Waals surface area contributed by atoms with E-state index in [9.17, 15) is 9.59 Å². The number of nitrogens with zero attached hydrogens (tertiary/aromatic N) is 2. The summed E-state index contributed by atoms with van der Waals surface area (Å²) in [5.41, 5.74) is 7.27. The molecule has 0 saturated carbocycles. The largest absolute Gasteiger partial charge is 0.469 e. The van der Waals surface area contributed by atoms with Crippen molar-refractivity contribution in [2.45, 2.75) is 31.3 Å². The van der Waals surface area contributed by atoms with Crippen molar-refractivity contribution >= 4 is 35.8 Å². The molecule has 2 aromatic carbocycles. The van der Waals surface area contributed by atoms with Crippen molar-refractivity contribution in [2.75, 3.05) is 23.5 Å². The van der Waals surface area contributed by atoms with E-state index in [1.165, 1.54) is 7.11 Å². The average Bonchev–Trinajstić information content (AvgIpc) is 3.01. The number of amides is 2. The van der Waals surface area contributed by atoms with Crippen molar-refractivity contribution in [3.8, 4) is 0 Å². The highest BCUT2D eigenvalue weighted by atomic mass is 35.5. The molecule has 0 bridgehead atoms. The Bertz CT molecular complexity index is 801. The summed E-state index contributed by atoms with van der Waals surface area (Å²) in [4.78, 5) is 28.7. The summed E-state index contributed by atoms with van der Waals surface area (Å²) in [5.74, 6) is -0.311. The van der Waals surface area contributed by atoms with Crippen molar-refractivity contribution in [3.63, 3.8) is 0 Å². The highest BCUT2D eigenvalue weighted by Crippen LogP contribution is 2.39. The van der Waals surface area contributed by atoms with Gasteiger partial charge in [0.15, 0.2) is 0 Å². The molecule has 0 aliphatic carbocycles. The molecule has 3 rings (SSSR count). The Kier molecular flexibility index (Phi) is 7.05. The van der Waals surface area contributed by atoms with E-state index in [1.54, 1.807) is 9.80 Å². The van der Waals surface area contributed by atoms with Crippen molar-refractivity contribution in [1.82, 2.24) is 0 Å². The fraction of sp³-hybridized carbons (Fsp3) is 0.333. The smallest absolute Gasteiger partial charge is 0.329 e. The molecule has 1 heterocycles. The third-order valence-corrected chi connectivity index (χ3v) is 5.22. The number of urea groups is 1. The number of hydrogen-bond acceptors (Lipinski definition) is 4. The van der Waals surface area contributed by atoms with Gasteiger partial charge in [-0.3, -0.25) is 14.6 Å². The van der Waals surface area contributed by atoms with Crippen LogP contribution < -0.4 is 15.5 Å². The molecule has 1 saturated heterocycles. The lowest BCUT2D eigenvalue weighted by Gasteiger charge is -2.40. The molecule has 0 aromatic heterocycles. The number of anilines is 2. The Hall–Kier alpha value is -2.57. The Labute approximate surface area is 171 Å². The zero-order valence-electron chi connectivity index (χ0n) is 16.1. The lowest BCUT2D eigenvalue weighted by atomic mass is 9.85. The standard InChI is InChI=1S/C21H25N3O3.ClH/c1-16(22)21(14-13-19(25)27-2)15-23(17-9-5-3-6-10-17)20(26)24(21)18-11-7-4-8-12-18;/h3-12,16H,13-15,22H2,1-2H3;1H. The van der Waals surface area contributed by atoms with Crippen LogP contribution in [-0.2, 0) is 9.53 Å². The summed E-state index contributed by atoms with van der Waals surface area (Å²) in [5, 5.41) is 0. The van der Waals surface area contributed by atoms with Crippen LogP contribution in [0.15, 0.2) is 60.7 Å². The van der Waals surface area contributed by atoms with Gasteiger partial charge in [0.05, 0.1) is 19.2 Å². The van der Waals surface area contributed by atoms with Gasteiger partial charge < -0.3 is 10.5 Å². The van der Waals surface area contributed by atoms with Gasteiger partial charge in [0.25, 0.3) is 0 Å². The molecule has 1 fully saturated rings. The van der Waals surface area contributed by atoms with Crippen molar-refractivity contribution < 1.29 is 14.3 Å². The molecular formula is C21H26ClN3O3. The van der Waals surface area contributed by atoms with Gasteiger partial charge in [-0.1, -0.05) is 36.4 Å². The molecule has 2 N–H and O–H groups in total. The molecule has 0 spiro atoms. The molecule has 2 atom stereocenters. The van der Waals surface area contributed by atoms with Crippen LogP contribution in [0, 0.1) is 0 Å². The van der Waals surface area contributed by atoms with Crippen LogP contribution in [-0.4, -0.2) is 37.2 Å². The van der Waals surface area contributed by atoms with E-state index in [4.69, 9.17) is 10.5 Å². The van der Waals surface area contributed by atoms with Gasteiger partial charge in [0.2, 0.25) is 0 Å². The molecule has 150 valence electrons. The summed E-state index contributed by atoms with van der Waals surface area (Å²) < 4.78 is 4.82. The highest BCUT2D eigenvalue weighted by molar-refractivity contribution is 6.08. The monoisotopic (exact) mass is 403 g/mol. The number of halogens is 1. The number of hydrogen-bond donors (Lipinski definition) is 1. The van der Waals surface area contributed by atoms with Crippen LogP contribution in [0.1, 0.15) is 19.8 Å². The van der Waals surface area contributed by atoms with E-state index in [0.29, 0.717) is 13.0 Å². The molecular weight excluding hydrogens is 378 g/mol. The molecule has 28 heavy (non-hydrogen) atoms. The second-order valence-corrected chi connectivity index (χ2v) is 6.84. The summed E-state index contributed by atoms with van der Waals surface area (Å²) in [6.07, 6.45) is 0.610. The second-order valence-electron chi connectivity index (χ2n) is 6.84. The van der Waals surface area contributed by atoms with E-state index >= 15 is 0 Å². The van der Waals surface area contributed by atoms with Crippen molar-refractivity contribution in [3.05, 3.63) is 60.7 Å². The third kappa shape index (κ3) is 3.98. The first kappa shape index (κ1) is 21.7. The SMILES string of the molecule is COC(=O)CCC1(C(C)N)CN(c2ccccc2)C(=O)N1c1ccccc1.Cl. The van der Waals surface area contributed by atoms with Crippen molar-refractivity contribution in [2.24, 2.45) is 5.73 Å². The summed E-state index contributed by atoms with van der Waals surface area (Å²) in [6, 6.07) is 18.5. The van der Waals surface area contributed by atoms with Crippen LogP contribution in [0.3, 0.4) is 0 Å². The van der Waals surface area contributed by atoms with E-state index < -0.39 is 5.54 Å². The number of carbonyl (C=O) groups is 2. The molecule has 2 amide bonds. The topological polar surface area (TPSA) is 75.9 Å². The predicted octanol–water partition coefficient (Wildman–Crippen LogP) is 3.59. The van der Waals surface area contributed by atoms with Crippen LogP contribution in [0.25, 0.3) is 0 Å². The second kappa shape index (κ2) is 9.08. The molecule has 7 heteroatoms. The van der Waals surface area contributed by atoms with E-state index in [-0.39, 0.29) is 36.9 Å². The van der Waals surface area contributed by atoms with E-state index in [2.05, 4.69) is 0 Å². The molecule has 2 unspecified atom stereocenters. The maximum Gasteiger partial charge on any atom is 0.329 e. The summed E-state index contributed by atoms with van der Waals surface area (Å²) in [7, 11) is 1.37. The van der Waals surface area contributed by atoms with Crippen LogP contribution in [0.2, 0.25) is 0 Å². The first-order valence-corrected chi connectivity index (χ1v) is 9.04. The number of rotatable bonds is 6. The first-order valence-electron chi connectivity index (χ1n) is 9.04. The molecule has 1 aliphatic rings. The van der Waals surface area contributed by atoms with E-state index in [0.717, 1.165) is 11.4 Å². The fourth-order valence-electron chi connectivity index (χ4n) is 3.66. The maximum absolute atomic E-state index is 13.4. The number of ether oxygens (including phenoxy) is 1. The van der Waals surface area contributed by atoms with Gasteiger partial charge in [-0.05, 0) is 37.6 Å². The maximum atomic E-state index is 13.4. The number of benzene rings is 2. The summed E-state index contributed by atoms with van der Waals surface area (Å²) >= 11 is 0. The predicted molar refractivity (Wildman–Crippen MR) is 113 cm³/mol. The number of nitrogens with two attached hydrogens (primary N) is 1. The minimum Gasteiger partial charge on any atom is -0.469 e. The van der Waals surface area contributed by atoms with Crippen LogP contribution >= 0.6 is 12.4 Å². The number of carbonyl (C=O) groups excluding carboxylic acids is 2. The number of methoxy groups -OCH3 is 1. The Morgan fingerprint density at radius 3 is 2.14 bits per heavy atom. The quantitative estimate of drug-likeness (QED) is 0.748. The minimum absolute atomic E-state index is 0. The van der Waals surface area contributed by atoms with Gasteiger partial charge in [0, 0.05) is 23.8 Å². The van der Waals surface area contributed by atoms with Gasteiger partial charge in [-0.2, -0.15) is 0 Å². The lowest BCUT2D eigenvalue weighted by molar-refractivity contribution is -0.141. The number of esters is 1. The highest BCUT2D eigenvalue weighted by Gasteiger charge is 2.53. The zero-order chi connectivity index (χ0) is 19.4. The van der Waals surface area contributed by atoms with E-state index in [1.807, 2.05) is 67.6 Å². The first-order chi connectivity index (χ1) is 13.0. The Balaban J connectivity index is 0.00000280. The average molecular weight is 404 g/mol. The van der Waals surface area contributed by atoms with Crippen LogP contribution in [0.5, 0.6) is 0 Å². The molecule has 1 aliphatic heterocycles. The number of para-hydroxylation sites is 2. The molecule has 0 radical (unpaired) electrons. The van der Waals surface area contributed by atoms with Crippen molar-refractivity contribution in [1.29, 1.82) is 0 Å². The fourth-order valence-corrected chi connectivity index (χ4v) is 3.66.